The van der Waals surface area contributed by atoms with Crippen LogP contribution in [0.2, 0.25) is 5.02 Å². The molecule has 0 aliphatic rings. The van der Waals surface area contributed by atoms with Crippen LogP contribution < -0.4 is 0 Å². The van der Waals surface area contributed by atoms with Crippen LogP contribution in [0.4, 0.5) is 0 Å². The van der Waals surface area contributed by atoms with E-state index in [1.807, 2.05) is 18.3 Å². The summed E-state index contributed by atoms with van der Waals surface area (Å²) in [6.45, 7) is 4.36. The van der Waals surface area contributed by atoms with Crippen LogP contribution in [-0.2, 0) is 12.8 Å². The molecule has 0 saturated heterocycles. The molecule has 0 bridgehead atoms. The quantitative estimate of drug-likeness (QED) is 0.779. The van der Waals surface area contributed by atoms with Gasteiger partial charge in [-0.15, -0.1) is 0 Å². The summed E-state index contributed by atoms with van der Waals surface area (Å²) in [6, 6.07) is 12.4. The Kier molecular flexibility index (Phi) is 4.38. The number of aromatic nitrogens is 1. The van der Waals surface area contributed by atoms with Gasteiger partial charge >= 0.3 is 0 Å². The molecule has 0 N–H and O–H groups in total. The highest BCUT2D eigenvalue weighted by atomic mass is 35.5. The Morgan fingerprint density at radius 1 is 1.11 bits per heavy atom. The maximum atomic E-state index is 6.32. The standard InChI is InChI=1S/C16H18ClN/c1-12(2)14-7-6-13(16(17)11-14)8-9-15-5-3-4-10-18-15/h3-7,10-12H,8-9H2,1-2H3. The SMILES string of the molecule is CC(C)c1ccc(CCc2ccccn2)c(Cl)c1. The van der Waals surface area contributed by atoms with Gasteiger partial charge in [-0.2, -0.15) is 0 Å². The van der Waals surface area contributed by atoms with Gasteiger partial charge in [0.2, 0.25) is 0 Å². The fourth-order valence-corrected chi connectivity index (χ4v) is 2.22. The van der Waals surface area contributed by atoms with Crippen molar-refractivity contribution in [2.75, 3.05) is 0 Å². The van der Waals surface area contributed by atoms with E-state index in [0.717, 1.165) is 23.6 Å². The van der Waals surface area contributed by atoms with Crippen LogP contribution in [0.1, 0.15) is 36.6 Å². The predicted molar refractivity (Wildman–Crippen MR) is 77.2 cm³/mol. The molecule has 0 radical (unpaired) electrons. The summed E-state index contributed by atoms with van der Waals surface area (Å²) in [6.07, 6.45) is 3.70. The lowest BCUT2D eigenvalue weighted by molar-refractivity contribution is 0.861. The summed E-state index contributed by atoms with van der Waals surface area (Å²) in [5.74, 6) is 0.521. The van der Waals surface area contributed by atoms with E-state index in [0.29, 0.717) is 5.92 Å². The molecule has 1 nitrogen and oxygen atoms in total. The minimum atomic E-state index is 0.521. The van der Waals surface area contributed by atoms with Crippen molar-refractivity contribution in [2.24, 2.45) is 0 Å². The topological polar surface area (TPSA) is 12.9 Å². The number of hydrogen-bond acceptors (Lipinski definition) is 1. The second-order valence-electron chi connectivity index (χ2n) is 4.83. The van der Waals surface area contributed by atoms with E-state index in [9.17, 15) is 0 Å². The molecule has 0 aliphatic carbocycles. The molecular weight excluding hydrogens is 242 g/mol. The zero-order valence-electron chi connectivity index (χ0n) is 10.9. The molecule has 18 heavy (non-hydrogen) atoms. The number of nitrogens with zero attached hydrogens (tertiary/aromatic N) is 1. The average Bonchev–Trinajstić information content (AvgIpc) is 2.38. The zero-order valence-corrected chi connectivity index (χ0v) is 11.6. The molecule has 0 atom stereocenters. The summed E-state index contributed by atoms with van der Waals surface area (Å²) in [4.78, 5) is 4.33. The largest absolute Gasteiger partial charge is 0.261 e. The first-order valence-corrected chi connectivity index (χ1v) is 6.73. The summed E-state index contributed by atoms with van der Waals surface area (Å²) >= 11 is 6.32. The highest BCUT2D eigenvalue weighted by molar-refractivity contribution is 6.31. The van der Waals surface area contributed by atoms with Crippen molar-refractivity contribution in [2.45, 2.75) is 32.6 Å². The number of aryl methyl sites for hydroxylation is 2. The Hall–Kier alpha value is -1.34. The first-order valence-electron chi connectivity index (χ1n) is 6.35. The monoisotopic (exact) mass is 259 g/mol. The lowest BCUT2D eigenvalue weighted by atomic mass is 9.99. The molecule has 2 rings (SSSR count). The highest BCUT2D eigenvalue weighted by Gasteiger charge is 2.05. The molecule has 0 saturated carbocycles. The van der Waals surface area contributed by atoms with Gasteiger partial charge in [0.25, 0.3) is 0 Å². The molecule has 1 aromatic heterocycles. The van der Waals surface area contributed by atoms with Crippen LogP contribution in [0.15, 0.2) is 42.6 Å². The van der Waals surface area contributed by atoms with Crippen LogP contribution in [-0.4, -0.2) is 4.98 Å². The molecule has 94 valence electrons. The second kappa shape index (κ2) is 6.01. The molecule has 1 heterocycles. The van der Waals surface area contributed by atoms with E-state index < -0.39 is 0 Å². The molecule has 0 fully saturated rings. The van der Waals surface area contributed by atoms with Crippen molar-refractivity contribution in [3.05, 3.63) is 64.4 Å². The number of hydrogen-bond donors (Lipinski definition) is 0. The Morgan fingerprint density at radius 3 is 2.56 bits per heavy atom. The van der Waals surface area contributed by atoms with E-state index >= 15 is 0 Å². The van der Waals surface area contributed by atoms with Gasteiger partial charge < -0.3 is 0 Å². The summed E-state index contributed by atoms with van der Waals surface area (Å²) < 4.78 is 0. The Labute approximate surface area is 114 Å². The maximum Gasteiger partial charge on any atom is 0.0440 e. The van der Waals surface area contributed by atoms with Crippen LogP contribution >= 0.6 is 11.6 Å². The van der Waals surface area contributed by atoms with E-state index in [2.05, 4.69) is 43.1 Å². The number of pyridine rings is 1. The Morgan fingerprint density at radius 2 is 1.94 bits per heavy atom. The van der Waals surface area contributed by atoms with Crippen LogP contribution in [0.3, 0.4) is 0 Å². The third-order valence-corrected chi connectivity index (χ3v) is 3.47. The summed E-state index contributed by atoms with van der Waals surface area (Å²) in [5, 5.41) is 0.872. The Balaban J connectivity index is 2.06. The number of rotatable bonds is 4. The van der Waals surface area contributed by atoms with E-state index in [4.69, 9.17) is 11.6 Å². The van der Waals surface area contributed by atoms with Gasteiger partial charge in [-0.1, -0.05) is 43.6 Å². The average molecular weight is 260 g/mol. The molecular formula is C16H18ClN. The van der Waals surface area contributed by atoms with Crippen molar-refractivity contribution in [1.82, 2.24) is 4.98 Å². The van der Waals surface area contributed by atoms with Crippen LogP contribution in [0.5, 0.6) is 0 Å². The van der Waals surface area contributed by atoms with Crippen molar-refractivity contribution in [3.63, 3.8) is 0 Å². The fraction of sp³-hybridized carbons (Fsp3) is 0.312. The predicted octanol–water partition coefficient (Wildman–Crippen LogP) is 4.64. The number of halogens is 1. The molecule has 2 heteroatoms. The molecule has 1 aromatic carbocycles. The first kappa shape index (κ1) is 13.1. The van der Waals surface area contributed by atoms with Gasteiger partial charge in [-0.3, -0.25) is 4.98 Å². The molecule has 2 aromatic rings. The zero-order chi connectivity index (χ0) is 13.0. The van der Waals surface area contributed by atoms with Gasteiger partial charge in [-0.25, -0.2) is 0 Å². The minimum Gasteiger partial charge on any atom is -0.261 e. The maximum absolute atomic E-state index is 6.32. The van der Waals surface area contributed by atoms with Gasteiger partial charge in [0.1, 0.15) is 0 Å². The van der Waals surface area contributed by atoms with E-state index in [-0.39, 0.29) is 0 Å². The van der Waals surface area contributed by atoms with Gasteiger partial charge in [0.05, 0.1) is 0 Å². The highest BCUT2D eigenvalue weighted by Crippen LogP contribution is 2.23. The van der Waals surface area contributed by atoms with Crippen LogP contribution in [0.25, 0.3) is 0 Å². The van der Waals surface area contributed by atoms with Crippen LogP contribution in [0, 0.1) is 0 Å². The molecule has 0 spiro atoms. The van der Waals surface area contributed by atoms with Gasteiger partial charge in [0, 0.05) is 16.9 Å². The fourth-order valence-electron chi connectivity index (χ4n) is 1.93. The van der Waals surface area contributed by atoms with Crippen molar-refractivity contribution in [1.29, 1.82) is 0 Å². The normalized spacial score (nSPS) is 10.9. The smallest absolute Gasteiger partial charge is 0.0440 e. The molecule has 0 amide bonds. The summed E-state index contributed by atoms with van der Waals surface area (Å²) in [5.41, 5.74) is 3.61. The Bertz CT molecular complexity index is 506. The lowest BCUT2D eigenvalue weighted by Crippen LogP contribution is -1.96. The van der Waals surface area contributed by atoms with E-state index in [1.165, 1.54) is 11.1 Å². The molecule has 0 unspecified atom stereocenters. The minimum absolute atomic E-state index is 0.521. The number of benzene rings is 1. The van der Waals surface area contributed by atoms with Gasteiger partial charge in [-0.05, 0) is 48.1 Å². The second-order valence-corrected chi connectivity index (χ2v) is 5.23. The van der Waals surface area contributed by atoms with Gasteiger partial charge in [0.15, 0.2) is 0 Å². The third-order valence-electron chi connectivity index (χ3n) is 3.12. The van der Waals surface area contributed by atoms with E-state index in [1.54, 1.807) is 0 Å². The van der Waals surface area contributed by atoms with Crippen molar-refractivity contribution < 1.29 is 0 Å². The van der Waals surface area contributed by atoms with Crippen molar-refractivity contribution in [3.8, 4) is 0 Å². The molecule has 0 aliphatic heterocycles. The first-order chi connectivity index (χ1) is 8.66. The summed E-state index contributed by atoms with van der Waals surface area (Å²) in [7, 11) is 0. The lowest BCUT2D eigenvalue weighted by Gasteiger charge is -2.09. The van der Waals surface area contributed by atoms with Crippen molar-refractivity contribution >= 4 is 11.6 Å². The third kappa shape index (κ3) is 3.33.